The number of nitrogens with zero attached hydrogens (tertiary/aromatic N) is 1. The van der Waals surface area contributed by atoms with E-state index in [2.05, 4.69) is 0 Å². The van der Waals surface area contributed by atoms with Crippen molar-refractivity contribution < 1.29 is 14.3 Å². The molecule has 0 aliphatic carbocycles. The van der Waals surface area contributed by atoms with Crippen LogP contribution in [0.15, 0.2) is 53.4 Å². The largest absolute Gasteiger partial charge is 0.493 e. The molecule has 2 aromatic rings. The topological polar surface area (TPSA) is 38.8 Å². The van der Waals surface area contributed by atoms with E-state index in [9.17, 15) is 4.79 Å². The number of para-hydroxylation sites is 2. The van der Waals surface area contributed by atoms with E-state index in [1.54, 1.807) is 7.05 Å². The summed E-state index contributed by atoms with van der Waals surface area (Å²) in [5, 5.41) is 0. The molecule has 2 aromatic carbocycles. The molecule has 6 heteroatoms. The average molecular weight is 400 g/mol. The summed E-state index contributed by atoms with van der Waals surface area (Å²) in [4.78, 5) is 14.3. The molecule has 0 spiro atoms. The fourth-order valence-corrected chi connectivity index (χ4v) is 3.73. The molecule has 1 aliphatic heterocycles. The summed E-state index contributed by atoms with van der Waals surface area (Å²) >= 11 is 6.49. The maximum atomic E-state index is 12.2. The van der Waals surface area contributed by atoms with Crippen LogP contribution in [0.5, 0.6) is 11.5 Å². The summed E-state index contributed by atoms with van der Waals surface area (Å²) in [6, 6.07) is 15.6. The van der Waals surface area contributed by atoms with Gasteiger partial charge in [-0.2, -0.15) is 0 Å². The monoisotopic (exact) mass is 399 g/mol. The van der Waals surface area contributed by atoms with Gasteiger partial charge in [0, 0.05) is 19.0 Å². The van der Waals surface area contributed by atoms with Crippen LogP contribution in [0.3, 0.4) is 0 Å². The van der Waals surface area contributed by atoms with Crippen LogP contribution >= 0.6 is 24.0 Å². The maximum absolute atomic E-state index is 12.2. The van der Waals surface area contributed by atoms with Crippen molar-refractivity contribution in [3.63, 3.8) is 0 Å². The Morgan fingerprint density at radius 3 is 2.33 bits per heavy atom. The van der Waals surface area contributed by atoms with Crippen LogP contribution in [0.25, 0.3) is 6.08 Å². The molecule has 0 N–H and O–H groups in total. The number of thiocarbonyl (C=S) groups is 1. The SMILES string of the molecule is Cc1ccccc1OCCCOc1ccccc1/C=C1\SC(=S)N(C)C1=O. The second kappa shape index (κ2) is 9.06. The van der Waals surface area contributed by atoms with Gasteiger partial charge in [-0.3, -0.25) is 9.69 Å². The number of hydrogen-bond acceptors (Lipinski definition) is 5. The van der Waals surface area contributed by atoms with E-state index in [0.29, 0.717) is 22.4 Å². The highest BCUT2D eigenvalue weighted by Crippen LogP contribution is 2.33. The normalized spacial score (nSPS) is 15.5. The van der Waals surface area contributed by atoms with E-state index in [4.69, 9.17) is 21.7 Å². The summed E-state index contributed by atoms with van der Waals surface area (Å²) < 4.78 is 12.3. The Labute approximate surface area is 169 Å². The maximum Gasteiger partial charge on any atom is 0.265 e. The zero-order valence-electron chi connectivity index (χ0n) is 15.3. The summed E-state index contributed by atoms with van der Waals surface area (Å²) in [5.74, 6) is 1.57. The highest BCUT2D eigenvalue weighted by Gasteiger charge is 2.28. The van der Waals surface area contributed by atoms with E-state index >= 15 is 0 Å². The molecule has 1 heterocycles. The number of hydrogen-bond donors (Lipinski definition) is 0. The van der Waals surface area contributed by atoms with Gasteiger partial charge in [0.25, 0.3) is 5.91 Å². The third-order valence-corrected chi connectivity index (χ3v) is 5.57. The molecule has 0 aromatic heterocycles. The Kier molecular flexibility index (Phi) is 6.53. The average Bonchev–Trinajstić information content (AvgIpc) is 2.91. The first-order chi connectivity index (χ1) is 13.1. The van der Waals surface area contributed by atoms with Gasteiger partial charge >= 0.3 is 0 Å². The van der Waals surface area contributed by atoms with Crippen molar-refractivity contribution in [3.05, 3.63) is 64.6 Å². The zero-order chi connectivity index (χ0) is 19.2. The lowest BCUT2D eigenvalue weighted by Gasteiger charge is -2.11. The predicted molar refractivity (Wildman–Crippen MR) is 114 cm³/mol. The van der Waals surface area contributed by atoms with Crippen molar-refractivity contribution in [2.45, 2.75) is 13.3 Å². The number of likely N-dealkylation sites (N-methyl/N-ethyl adjacent to an activating group) is 1. The van der Waals surface area contributed by atoms with Gasteiger partial charge in [-0.15, -0.1) is 0 Å². The van der Waals surface area contributed by atoms with Gasteiger partial charge in [0.15, 0.2) is 0 Å². The molecule has 27 heavy (non-hydrogen) atoms. The minimum absolute atomic E-state index is 0.0774. The minimum atomic E-state index is -0.0774. The molecule has 1 fully saturated rings. The number of carbonyl (C=O) groups is 1. The lowest BCUT2D eigenvalue weighted by Crippen LogP contribution is -2.22. The predicted octanol–water partition coefficient (Wildman–Crippen LogP) is 4.67. The van der Waals surface area contributed by atoms with Gasteiger partial charge in [-0.25, -0.2) is 0 Å². The van der Waals surface area contributed by atoms with E-state index in [1.807, 2.05) is 61.5 Å². The van der Waals surface area contributed by atoms with Crippen LogP contribution in [0.1, 0.15) is 17.5 Å². The summed E-state index contributed by atoms with van der Waals surface area (Å²) in [6.45, 7) is 3.15. The van der Waals surface area contributed by atoms with Gasteiger partial charge in [-0.05, 0) is 30.7 Å². The fraction of sp³-hybridized carbons (Fsp3) is 0.238. The third-order valence-electron chi connectivity index (χ3n) is 4.09. The second-order valence-corrected chi connectivity index (χ2v) is 7.77. The lowest BCUT2D eigenvalue weighted by molar-refractivity contribution is -0.121. The molecule has 140 valence electrons. The highest BCUT2D eigenvalue weighted by molar-refractivity contribution is 8.26. The Morgan fingerprint density at radius 2 is 1.67 bits per heavy atom. The molecule has 3 rings (SSSR count). The summed E-state index contributed by atoms with van der Waals surface area (Å²) in [5.41, 5.74) is 1.99. The van der Waals surface area contributed by atoms with Crippen molar-refractivity contribution in [2.75, 3.05) is 20.3 Å². The van der Waals surface area contributed by atoms with Crippen LogP contribution in [-0.2, 0) is 4.79 Å². The molecular weight excluding hydrogens is 378 g/mol. The van der Waals surface area contributed by atoms with Crippen LogP contribution < -0.4 is 9.47 Å². The van der Waals surface area contributed by atoms with Gasteiger partial charge in [0.05, 0.1) is 18.1 Å². The number of amides is 1. The Hall–Kier alpha value is -2.31. The standard InChI is InChI=1S/C21H21NO3S2/c1-15-8-3-5-10-17(15)24-12-7-13-25-18-11-6-4-9-16(18)14-19-20(23)22(2)21(26)27-19/h3-6,8-11,14H,7,12-13H2,1-2H3/b19-14-. The molecule has 0 atom stereocenters. The number of rotatable bonds is 7. The van der Waals surface area contributed by atoms with E-state index in [-0.39, 0.29) is 5.91 Å². The fourth-order valence-electron chi connectivity index (χ4n) is 2.56. The van der Waals surface area contributed by atoms with E-state index in [1.165, 1.54) is 16.7 Å². The molecule has 0 bridgehead atoms. The Balaban J connectivity index is 1.56. The van der Waals surface area contributed by atoms with Crippen molar-refractivity contribution >= 4 is 40.3 Å². The van der Waals surface area contributed by atoms with Crippen molar-refractivity contribution in [1.29, 1.82) is 0 Å². The summed E-state index contributed by atoms with van der Waals surface area (Å²) in [6.07, 6.45) is 2.60. The first-order valence-electron chi connectivity index (χ1n) is 8.68. The summed E-state index contributed by atoms with van der Waals surface area (Å²) in [7, 11) is 1.69. The number of benzene rings is 2. The molecule has 1 amide bonds. The van der Waals surface area contributed by atoms with Crippen molar-refractivity contribution in [1.82, 2.24) is 4.90 Å². The first-order valence-corrected chi connectivity index (χ1v) is 9.90. The van der Waals surface area contributed by atoms with Gasteiger partial charge in [-0.1, -0.05) is 60.4 Å². The van der Waals surface area contributed by atoms with Gasteiger partial charge in [0.1, 0.15) is 15.8 Å². The number of thioether (sulfide) groups is 1. The Bertz CT molecular complexity index is 879. The van der Waals surface area contributed by atoms with Crippen LogP contribution in [0, 0.1) is 6.92 Å². The number of ether oxygens (including phenoxy) is 2. The van der Waals surface area contributed by atoms with Gasteiger partial charge < -0.3 is 9.47 Å². The number of aryl methyl sites for hydroxylation is 1. The van der Waals surface area contributed by atoms with Crippen LogP contribution in [-0.4, -0.2) is 35.4 Å². The number of carbonyl (C=O) groups excluding carboxylic acids is 1. The first kappa shape index (κ1) is 19.5. The van der Waals surface area contributed by atoms with Crippen molar-refractivity contribution in [2.24, 2.45) is 0 Å². The molecule has 1 saturated heterocycles. The molecule has 0 unspecified atom stereocenters. The van der Waals surface area contributed by atoms with Crippen LogP contribution in [0.2, 0.25) is 0 Å². The second-order valence-electron chi connectivity index (χ2n) is 6.09. The van der Waals surface area contributed by atoms with Gasteiger partial charge in [0.2, 0.25) is 0 Å². The minimum Gasteiger partial charge on any atom is -0.493 e. The van der Waals surface area contributed by atoms with E-state index in [0.717, 1.165) is 29.0 Å². The smallest absolute Gasteiger partial charge is 0.265 e. The Morgan fingerprint density at radius 1 is 1.04 bits per heavy atom. The molecular formula is C21H21NO3S2. The van der Waals surface area contributed by atoms with Crippen LogP contribution in [0.4, 0.5) is 0 Å². The zero-order valence-corrected chi connectivity index (χ0v) is 16.9. The molecule has 0 saturated carbocycles. The van der Waals surface area contributed by atoms with Crippen molar-refractivity contribution in [3.8, 4) is 11.5 Å². The molecule has 0 radical (unpaired) electrons. The molecule has 1 aliphatic rings. The lowest BCUT2D eigenvalue weighted by atomic mass is 10.2. The third kappa shape index (κ3) is 4.90. The van der Waals surface area contributed by atoms with E-state index < -0.39 is 0 Å². The quantitative estimate of drug-likeness (QED) is 0.384. The molecule has 4 nitrogen and oxygen atoms in total. The highest BCUT2D eigenvalue weighted by atomic mass is 32.2.